The minimum absolute atomic E-state index is 0.138. The van der Waals surface area contributed by atoms with E-state index in [1.54, 1.807) is 20.8 Å². The molecule has 1 aliphatic carbocycles. The van der Waals surface area contributed by atoms with Crippen LogP contribution in [-0.2, 0) is 28.7 Å². The Morgan fingerprint density at radius 2 is 1.71 bits per heavy atom. The lowest BCUT2D eigenvalue weighted by molar-refractivity contribution is -0.146. The normalized spacial score (nSPS) is 18.9. The minimum atomic E-state index is -1.13. The molecule has 0 bridgehead atoms. The summed E-state index contributed by atoms with van der Waals surface area (Å²) < 4.78 is 10.3. The van der Waals surface area contributed by atoms with Gasteiger partial charge in [0.15, 0.2) is 0 Å². The number of nitrogens with one attached hydrogen (secondary N) is 3. The Hall–Kier alpha value is -3.28. The van der Waals surface area contributed by atoms with Crippen LogP contribution in [0.15, 0.2) is 35.2 Å². The first-order chi connectivity index (χ1) is 19.7. The van der Waals surface area contributed by atoms with Crippen LogP contribution in [0.25, 0.3) is 0 Å². The van der Waals surface area contributed by atoms with Gasteiger partial charge in [-0.1, -0.05) is 32.0 Å². The van der Waals surface area contributed by atoms with Crippen LogP contribution >= 0.6 is 11.8 Å². The van der Waals surface area contributed by atoms with Gasteiger partial charge in [-0.3, -0.25) is 14.4 Å². The van der Waals surface area contributed by atoms with Gasteiger partial charge >= 0.3 is 12.1 Å². The molecule has 1 aromatic rings. The predicted octanol–water partition coefficient (Wildman–Crippen LogP) is 3.02. The number of rotatable bonds is 12. The van der Waals surface area contributed by atoms with Gasteiger partial charge in [0.2, 0.25) is 17.7 Å². The Morgan fingerprint density at radius 1 is 1.05 bits per heavy atom. The molecule has 232 valence electrons. The van der Waals surface area contributed by atoms with Crippen LogP contribution in [0.1, 0.15) is 66.7 Å². The zero-order chi connectivity index (χ0) is 31.1. The van der Waals surface area contributed by atoms with E-state index in [1.807, 2.05) is 44.2 Å². The van der Waals surface area contributed by atoms with Crippen molar-refractivity contribution in [1.29, 1.82) is 0 Å². The summed E-state index contributed by atoms with van der Waals surface area (Å²) in [6.45, 7) is 9.43. The Labute approximate surface area is 252 Å². The van der Waals surface area contributed by atoms with Crippen molar-refractivity contribution in [3.05, 3.63) is 30.3 Å². The highest BCUT2D eigenvalue weighted by Gasteiger charge is 2.53. The van der Waals surface area contributed by atoms with Gasteiger partial charge in [-0.25, -0.2) is 9.59 Å². The van der Waals surface area contributed by atoms with Crippen molar-refractivity contribution in [2.45, 2.75) is 101 Å². The van der Waals surface area contributed by atoms with Gasteiger partial charge in [0.1, 0.15) is 29.3 Å². The number of likely N-dealkylation sites (tertiary alicyclic amines) is 1. The molecule has 3 atom stereocenters. The first-order valence-corrected chi connectivity index (χ1v) is 15.4. The maximum Gasteiger partial charge on any atom is 0.408 e. The third-order valence-electron chi connectivity index (χ3n) is 7.03. The molecule has 1 saturated heterocycles. The van der Waals surface area contributed by atoms with E-state index >= 15 is 0 Å². The zero-order valence-corrected chi connectivity index (χ0v) is 26.2. The summed E-state index contributed by atoms with van der Waals surface area (Å²) in [5.41, 5.74) is -1.88. The maximum atomic E-state index is 13.8. The van der Waals surface area contributed by atoms with Crippen molar-refractivity contribution < 1.29 is 33.4 Å². The third-order valence-corrected chi connectivity index (χ3v) is 8.14. The van der Waals surface area contributed by atoms with E-state index in [0.717, 1.165) is 4.90 Å². The average Bonchev–Trinajstić information content (AvgIpc) is 3.53. The molecule has 0 unspecified atom stereocenters. The lowest BCUT2D eigenvalue weighted by Crippen LogP contribution is -2.59. The van der Waals surface area contributed by atoms with Crippen LogP contribution in [0.4, 0.5) is 4.79 Å². The van der Waals surface area contributed by atoms with Crippen LogP contribution in [0.5, 0.6) is 0 Å². The van der Waals surface area contributed by atoms with Crippen molar-refractivity contribution in [1.82, 2.24) is 20.9 Å². The molecule has 2 aliphatic rings. The molecule has 2 fully saturated rings. The predicted molar refractivity (Wildman–Crippen MR) is 159 cm³/mol. The van der Waals surface area contributed by atoms with Gasteiger partial charge in [-0.15, -0.1) is 11.8 Å². The largest absolute Gasteiger partial charge is 0.467 e. The summed E-state index contributed by atoms with van der Waals surface area (Å²) in [4.78, 5) is 67.8. The quantitative estimate of drug-likeness (QED) is 0.244. The molecule has 42 heavy (non-hydrogen) atoms. The molecule has 0 aromatic heterocycles. The van der Waals surface area contributed by atoms with E-state index in [-0.39, 0.29) is 17.6 Å². The summed E-state index contributed by atoms with van der Waals surface area (Å²) in [6.07, 6.45) is 1.57. The summed E-state index contributed by atoms with van der Waals surface area (Å²) in [5, 5.41) is 8.31. The Morgan fingerprint density at radius 3 is 2.29 bits per heavy atom. The third kappa shape index (κ3) is 9.37. The van der Waals surface area contributed by atoms with Gasteiger partial charge in [0, 0.05) is 17.2 Å². The zero-order valence-electron chi connectivity index (χ0n) is 25.4. The number of esters is 1. The average molecular weight is 605 g/mol. The van der Waals surface area contributed by atoms with E-state index in [1.165, 1.54) is 23.8 Å². The second-order valence-corrected chi connectivity index (χ2v) is 13.4. The van der Waals surface area contributed by atoms with Gasteiger partial charge < -0.3 is 30.3 Å². The van der Waals surface area contributed by atoms with Crippen molar-refractivity contribution in [3.63, 3.8) is 0 Å². The highest BCUT2D eigenvalue weighted by atomic mass is 32.2. The van der Waals surface area contributed by atoms with Crippen LogP contribution in [-0.4, -0.2) is 83.4 Å². The highest BCUT2D eigenvalue weighted by molar-refractivity contribution is 7.99. The molecular weight excluding hydrogens is 560 g/mol. The Kier molecular flexibility index (Phi) is 11.3. The van der Waals surface area contributed by atoms with E-state index in [9.17, 15) is 24.0 Å². The van der Waals surface area contributed by atoms with Crippen molar-refractivity contribution >= 4 is 41.5 Å². The Balaban J connectivity index is 1.70. The Bertz CT molecular complexity index is 1130. The lowest BCUT2D eigenvalue weighted by atomic mass is 10.0. The summed E-state index contributed by atoms with van der Waals surface area (Å²) in [5.74, 6) is -1.42. The molecule has 0 radical (unpaired) electrons. The fourth-order valence-electron chi connectivity index (χ4n) is 4.80. The number of carbonyl (C=O) groups excluding carboxylic acids is 5. The molecule has 1 aliphatic heterocycles. The van der Waals surface area contributed by atoms with Crippen molar-refractivity contribution in [2.75, 3.05) is 19.4 Å². The van der Waals surface area contributed by atoms with Crippen molar-refractivity contribution in [3.8, 4) is 0 Å². The number of alkyl carbamates (subject to hydrolysis) is 1. The number of methoxy groups -OCH3 is 1. The van der Waals surface area contributed by atoms with E-state index in [4.69, 9.17) is 9.47 Å². The smallest absolute Gasteiger partial charge is 0.408 e. The number of hydrogen-bond donors (Lipinski definition) is 3. The number of benzene rings is 1. The first kappa shape index (κ1) is 33.2. The monoisotopic (exact) mass is 604 g/mol. The van der Waals surface area contributed by atoms with E-state index < -0.39 is 53.1 Å². The van der Waals surface area contributed by atoms with Gasteiger partial charge in [0.05, 0.1) is 7.11 Å². The lowest BCUT2D eigenvalue weighted by Gasteiger charge is -2.30. The second kappa shape index (κ2) is 14.3. The first-order valence-electron chi connectivity index (χ1n) is 14.4. The van der Waals surface area contributed by atoms with Gasteiger partial charge in [-0.05, 0) is 70.9 Å². The molecule has 1 saturated carbocycles. The molecule has 1 heterocycles. The number of hydrogen-bond acceptors (Lipinski definition) is 8. The summed E-state index contributed by atoms with van der Waals surface area (Å²) in [6, 6.07) is 6.96. The number of ether oxygens (including phenoxy) is 2. The van der Waals surface area contributed by atoms with Crippen LogP contribution in [0.2, 0.25) is 0 Å². The molecule has 0 spiro atoms. The fraction of sp³-hybridized carbons (Fsp3) is 0.633. The second-order valence-electron chi connectivity index (χ2n) is 12.3. The molecule has 1 aromatic carbocycles. The number of carbonyl (C=O) groups is 5. The van der Waals surface area contributed by atoms with E-state index in [2.05, 4.69) is 16.0 Å². The highest BCUT2D eigenvalue weighted by Crippen LogP contribution is 2.36. The summed E-state index contributed by atoms with van der Waals surface area (Å²) in [7, 11) is 1.27. The standard InChI is InChI=1S/C30H44N4O7S/c1-19(2)17-21(26(37)40-6)31-27(38)30(14-15-30)33-24(35)23-13-10-16-34(23)25(36)22(32-28(39)41-29(3,4)5)18-42-20-11-8-7-9-12-20/h7-9,11-12,19,21-23H,10,13-18H2,1-6H3,(H,31,38)(H,32,39)(H,33,35)/t21-,22-,23+/m0/s1. The van der Waals surface area contributed by atoms with Crippen LogP contribution in [0.3, 0.4) is 0 Å². The number of thioether (sulfide) groups is 1. The summed E-state index contributed by atoms with van der Waals surface area (Å²) >= 11 is 1.41. The molecular formula is C30H44N4O7S. The molecule has 3 rings (SSSR count). The van der Waals surface area contributed by atoms with Gasteiger partial charge in [0.25, 0.3) is 0 Å². The van der Waals surface area contributed by atoms with Crippen LogP contribution < -0.4 is 16.0 Å². The SMILES string of the molecule is COC(=O)[C@H](CC(C)C)NC(=O)C1(NC(=O)[C@H]2CCCN2C(=O)[C@H](CSc2ccccc2)NC(=O)OC(C)(C)C)CC1. The maximum absolute atomic E-state index is 13.8. The molecule has 11 nitrogen and oxygen atoms in total. The van der Waals surface area contributed by atoms with Crippen LogP contribution in [0, 0.1) is 5.92 Å². The van der Waals surface area contributed by atoms with Gasteiger partial charge in [-0.2, -0.15) is 0 Å². The van der Waals surface area contributed by atoms with Crippen molar-refractivity contribution in [2.24, 2.45) is 5.92 Å². The molecule has 4 amide bonds. The topological polar surface area (TPSA) is 143 Å². The molecule has 3 N–H and O–H groups in total. The molecule has 12 heteroatoms. The number of nitrogens with zero attached hydrogens (tertiary/aromatic N) is 1. The fourth-order valence-corrected chi connectivity index (χ4v) is 5.74. The van der Waals surface area contributed by atoms with E-state index in [0.29, 0.717) is 38.6 Å². The minimum Gasteiger partial charge on any atom is -0.467 e. The number of amides is 4.